The van der Waals surface area contributed by atoms with Crippen LogP contribution in [0.5, 0.6) is 0 Å². The van der Waals surface area contributed by atoms with Gasteiger partial charge in [-0.3, -0.25) is 0 Å². The minimum Gasteiger partial charge on any atom is -0.311 e. The average molecular weight is 251 g/mol. The second-order valence-electron chi connectivity index (χ2n) is 5.75. The Labute approximate surface area is 110 Å². The summed E-state index contributed by atoms with van der Waals surface area (Å²) in [4.78, 5) is 2.95. The molecule has 17 heavy (non-hydrogen) atoms. The van der Waals surface area contributed by atoms with Gasteiger partial charge in [-0.1, -0.05) is 19.8 Å². The summed E-state index contributed by atoms with van der Waals surface area (Å²) < 4.78 is 0. The van der Waals surface area contributed by atoms with E-state index in [2.05, 4.69) is 38.2 Å². The molecule has 96 valence electrons. The molecule has 0 radical (unpaired) electrons. The van der Waals surface area contributed by atoms with Crippen LogP contribution < -0.4 is 5.32 Å². The molecular formula is C15H25NS. The third-order valence-electron chi connectivity index (χ3n) is 3.76. The van der Waals surface area contributed by atoms with Gasteiger partial charge in [0.2, 0.25) is 0 Å². The Morgan fingerprint density at radius 2 is 2.24 bits per heavy atom. The Balaban J connectivity index is 1.78. The van der Waals surface area contributed by atoms with Gasteiger partial charge in [-0.15, -0.1) is 11.3 Å². The van der Waals surface area contributed by atoms with Crippen LogP contribution in [0.4, 0.5) is 0 Å². The van der Waals surface area contributed by atoms with Gasteiger partial charge in [-0.2, -0.15) is 0 Å². The van der Waals surface area contributed by atoms with E-state index in [1.54, 1.807) is 0 Å². The van der Waals surface area contributed by atoms with Crippen LogP contribution in [-0.2, 0) is 6.42 Å². The number of thiophene rings is 1. The standard InChI is InChI=1S/C15H25NS/c1-11-5-4-6-14(9-11)16-12(2)10-15-8-7-13(3)17-15/h7-8,11-12,14,16H,4-6,9-10H2,1-3H3. The maximum Gasteiger partial charge on any atom is 0.00896 e. The summed E-state index contributed by atoms with van der Waals surface area (Å²) in [7, 11) is 0. The lowest BCUT2D eigenvalue weighted by Crippen LogP contribution is -2.40. The molecule has 0 aliphatic heterocycles. The first-order chi connectivity index (χ1) is 8.13. The van der Waals surface area contributed by atoms with E-state index in [9.17, 15) is 0 Å². The predicted octanol–water partition coefficient (Wildman–Crippen LogP) is 4.16. The fraction of sp³-hybridized carbons (Fsp3) is 0.733. The van der Waals surface area contributed by atoms with Crippen molar-refractivity contribution in [2.24, 2.45) is 5.92 Å². The molecule has 0 amide bonds. The highest BCUT2D eigenvalue weighted by atomic mass is 32.1. The van der Waals surface area contributed by atoms with Crippen LogP contribution >= 0.6 is 11.3 Å². The van der Waals surface area contributed by atoms with E-state index in [4.69, 9.17) is 0 Å². The van der Waals surface area contributed by atoms with Crippen LogP contribution in [0.15, 0.2) is 12.1 Å². The van der Waals surface area contributed by atoms with E-state index < -0.39 is 0 Å². The van der Waals surface area contributed by atoms with Gasteiger partial charge >= 0.3 is 0 Å². The molecule has 0 bridgehead atoms. The first-order valence-electron chi connectivity index (χ1n) is 6.95. The molecule has 1 fully saturated rings. The van der Waals surface area contributed by atoms with Gasteiger partial charge in [0.05, 0.1) is 0 Å². The lowest BCUT2D eigenvalue weighted by molar-refractivity contribution is 0.284. The molecule has 1 saturated carbocycles. The fourth-order valence-electron chi connectivity index (χ4n) is 2.94. The van der Waals surface area contributed by atoms with Crippen LogP contribution in [-0.4, -0.2) is 12.1 Å². The molecule has 0 spiro atoms. The summed E-state index contributed by atoms with van der Waals surface area (Å²) in [5, 5.41) is 3.81. The SMILES string of the molecule is Cc1ccc(CC(C)NC2CCCC(C)C2)s1. The van der Waals surface area contributed by atoms with Crippen LogP contribution in [0.2, 0.25) is 0 Å². The second-order valence-corrected chi connectivity index (χ2v) is 7.13. The van der Waals surface area contributed by atoms with Crippen molar-refractivity contribution in [1.29, 1.82) is 0 Å². The van der Waals surface area contributed by atoms with Gasteiger partial charge in [-0.25, -0.2) is 0 Å². The van der Waals surface area contributed by atoms with Crippen molar-refractivity contribution in [3.05, 3.63) is 21.9 Å². The quantitative estimate of drug-likeness (QED) is 0.847. The highest BCUT2D eigenvalue weighted by Crippen LogP contribution is 2.24. The van der Waals surface area contributed by atoms with Crippen molar-refractivity contribution in [1.82, 2.24) is 5.32 Å². The van der Waals surface area contributed by atoms with E-state index >= 15 is 0 Å². The van der Waals surface area contributed by atoms with Crippen molar-refractivity contribution in [2.45, 2.75) is 65.0 Å². The topological polar surface area (TPSA) is 12.0 Å². The molecule has 1 aliphatic carbocycles. The normalized spacial score (nSPS) is 27.0. The Hall–Kier alpha value is -0.340. The van der Waals surface area contributed by atoms with Crippen molar-refractivity contribution in [3.8, 4) is 0 Å². The highest BCUT2D eigenvalue weighted by molar-refractivity contribution is 7.11. The molecule has 1 nitrogen and oxygen atoms in total. The zero-order valence-corrected chi connectivity index (χ0v) is 12.1. The number of hydrogen-bond acceptors (Lipinski definition) is 2. The molecular weight excluding hydrogens is 226 g/mol. The van der Waals surface area contributed by atoms with Crippen LogP contribution in [0.1, 0.15) is 49.3 Å². The molecule has 1 N–H and O–H groups in total. The smallest absolute Gasteiger partial charge is 0.00896 e. The Kier molecular flexibility index (Phi) is 4.63. The van der Waals surface area contributed by atoms with Crippen LogP contribution in [0, 0.1) is 12.8 Å². The van der Waals surface area contributed by atoms with E-state index in [-0.39, 0.29) is 0 Å². The van der Waals surface area contributed by atoms with Crippen LogP contribution in [0.3, 0.4) is 0 Å². The Bertz CT molecular complexity index is 344. The van der Waals surface area contributed by atoms with E-state index in [0.717, 1.165) is 12.0 Å². The monoisotopic (exact) mass is 251 g/mol. The van der Waals surface area contributed by atoms with Crippen molar-refractivity contribution in [3.63, 3.8) is 0 Å². The lowest BCUT2D eigenvalue weighted by atomic mass is 9.86. The molecule has 2 rings (SSSR count). The number of hydrogen-bond donors (Lipinski definition) is 1. The highest BCUT2D eigenvalue weighted by Gasteiger charge is 2.20. The fourth-order valence-corrected chi connectivity index (χ4v) is 3.96. The minimum atomic E-state index is 0.614. The van der Waals surface area contributed by atoms with Gasteiger partial charge in [-0.05, 0) is 51.2 Å². The molecule has 0 saturated heterocycles. The van der Waals surface area contributed by atoms with Gasteiger partial charge in [0.1, 0.15) is 0 Å². The summed E-state index contributed by atoms with van der Waals surface area (Å²) in [6.07, 6.45) is 6.76. The zero-order chi connectivity index (χ0) is 12.3. The third-order valence-corrected chi connectivity index (χ3v) is 4.78. The number of aryl methyl sites for hydroxylation is 1. The molecule has 1 aliphatic rings. The second kappa shape index (κ2) is 6.01. The minimum absolute atomic E-state index is 0.614. The van der Waals surface area contributed by atoms with Gasteiger partial charge in [0, 0.05) is 21.8 Å². The largest absolute Gasteiger partial charge is 0.311 e. The molecule has 3 unspecified atom stereocenters. The maximum absolute atomic E-state index is 3.81. The van der Waals surface area contributed by atoms with Crippen molar-refractivity contribution in [2.75, 3.05) is 0 Å². The molecule has 1 aromatic heterocycles. The van der Waals surface area contributed by atoms with Crippen molar-refractivity contribution < 1.29 is 0 Å². The summed E-state index contributed by atoms with van der Waals surface area (Å²) in [5.74, 6) is 0.914. The first kappa shape index (κ1) is 13.1. The number of nitrogens with one attached hydrogen (secondary N) is 1. The summed E-state index contributed by atoms with van der Waals surface area (Å²) in [6, 6.07) is 5.88. The zero-order valence-electron chi connectivity index (χ0n) is 11.3. The molecule has 3 atom stereocenters. The first-order valence-corrected chi connectivity index (χ1v) is 7.76. The van der Waals surface area contributed by atoms with Crippen molar-refractivity contribution >= 4 is 11.3 Å². The van der Waals surface area contributed by atoms with Gasteiger partial charge in [0.25, 0.3) is 0 Å². The molecule has 1 aromatic rings. The summed E-state index contributed by atoms with van der Waals surface area (Å²) >= 11 is 1.94. The van der Waals surface area contributed by atoms with E-state index in [1.807, 2.05) is 11.3 Å². The van der Waals surface area contributed by atoms with Gasteiger partial charge < -0.3 is 5.32 Å². The summed E-state index contributed by atoms with van der Waals surface area (Å²) in [5.41, 5.74) is 0. The Morgan fingerprint density at radius 3 is 2.88 bits per heavy atom. The maximum atomic E-state index is 3.81. The third kappa shape index (κ3) is 4.11. The van der Waals surface area contributed by atoms with E-state index in [1.165, 1.54) is 41.9 Å². The Morgan fingerprint density at radius 1 is 1.41 bits per heavy atom. The molecule has 0 aromatic carbocycles. The summed E-state index contributed by atoms with van der Waals surface area (Å²) in [6.45, 7) is 6.91. The average Bonchev–Trinajstić information content (AvgIpc) is 2.63. The van der Waals surface area contributed by atoms with Crippen LogP contribution in [0.25, 0.3) is 0 Å². The predicted molar refractivity (Wildman–Crippen MR) is 76.8 cm³/mol. The lowest BCUT2D eigenvalue weighted by Gasteiger charge is -2.30. The van der Waals surface area contributed by atoms with Gasteiger partial charge in [0.15, 0.2) is 0 Å². The molecule has 1 heterocycles. The molecule has 2 heteroatoms. The number of rotatable bonds is 4. The van der Waals surface area contributed by atoms with E-state index in [0.29, 0.717) is 6.04 Å².